The Bertz CT molecular complexity index is 636. The Morgan fingerprint density at radius 3 is 2.79 bits per heavy atom. The normalized spacial score (nSPS) is 15.3. The Morgan fingerprint density at radius 1 is 1.17 bits per heavy atom. The maximum Gasteiger partial charge on any atom is 0.253 e. The maximum absolute atomic E-state index is 12.4. The number of hydrogen-bond acceptors (Lipinski definition) is 4. The van der Waals surface area contributed by atoms with Gasteiger partial charge in [-0.05, 0) is 37.6 Å². The summed E-state index contributed by atoms with van der Waals surface area (Å²) in [7, 11) is 0. The van der Waals surface area contributed by atoms with Crippen molar-refractivity contribution >= 4 is 5.91 Å². The molecule has 0 saturated carbocycles. The molecule has 128 valence electrons. The second-order valence-corrected chi connectivity index (χ2v) is 5.88. The van der Waals surface area contributed by atoms with Crippen LogP contribution in [0, 0.1) is 0 Å². The second kappa shape index (κ2) is 8.61. The van der Waals surface area contributed by atoms with E-state index in [9.17, 15) is 4.79 Å². The van der Waals surface area contributed by atoms with Crippen LogP contribution in [0.1, 0.15) is 23.2 Å². The number of morpholine rings is 1. The summed E-state index contributed by atoms with van der Waals surface area (Å²) in [6.45, 7) is 5.47. The Labute approximate surface area is 142 Å². The number of unbranched alkanes of at least 4 members (excludes halogenated alkanes) is 1. The number of nitrogens with one attached hydrogen (secondary N) is 1. The molecule has 6 heteroatoms. The second-order valence-electron chi connectivity index (χ2n) is 5.88. The predicted octanol–water partition coefficient (Wildman–Crippen LogP) is 1.71. The van der Waals surface area contributed by atoms with E-state index in [2.05, 4.69) is 15.3 Å². The van der Waals surface area contributed by atoms with Crippen LogP contribution in [0.15, 0.2) is 42.7 Å². The van der Waals surface area contributed by atoms with Gasteiger partial charge in [0.25, 0.3) is 5.91 Å². The number of aromatic nitrogens is 2. The molecule has 0 spiro atoms. The van der Waals surface area contributed by atoms with Gasteiger partial charge in [-0.25, -0.2) is 4.68 Å². The third-order valence-electron chi connectivity index (χ3n) is 4.19. The fourth-order valence-corrected chi connectivity index (χ4v) is 2.86. The van der Waals surface area contributed by atoms with Gasteiger partial charge in [0, 0.05) is 32.0 Å². The summed E-state index contributed by atoms with van der Waals surface area (Å²) in [6, 6.07) is 9.37. The molecule has 0 unspecified atom stereocenters. The quantitative estimate of drug-likeness (QED) is 0.786. The molecule has 2 heterocycles. The summed E-state index contributed by atoms with van der Waals surface area (Å²) in [5, 5.41) is 7.23. The number of para-hydroxylation sites is 1. The molecule has 1 fully saturated rings. The third kappa shape index (κ3) is 4.43. The molecular weight excluding hydrogens is 304 g/mol. The average Bonchev–Trinajstić information content (AvgIpc) is 3.17. The third-order valence-corrected chi connectivity index (χ3v) is 4.19. The van der Waals surface area contributed by atoms with E-state index in [0.717, 1.165) is 51.4 Å². The van der Waals surface area contributed by atoms with Gasteiger partial charge in [-0.2, -0.15) is 5.10 Å². The predicted molar refractivity (Wildman–Crippen MR) is 92.4 cm³/mol. The van der Waals surface area contributed by atoms with Gasteiger partial charge in [0.2, 0.25) is 0 Å². The lowest BCUT2D eigenvalue weighted by Gasteiger charge is -2.26. The van der Waals surface area contributed by atoms with Gasteiger partial charge in [0.05, 0.1) is 24.5 Å². The number of rotatable bonds is 7. The lowest BCUT2D eigenvalue weighted by Crippen LogP contribution is -2.37. The van der Waals surface area contributed by atoms with E-state index in [0.29, 0.717) is 12.1 Å². The Morgan fingerprint density at radius 2 is 2.00 bits per heavy atom. The number of benzene rings is 1. The molecule has 0 atom stereocenters. The zero-order valence-electron chi connectivity index (χ0n) is 13.9. The minimum Gasteiger partial charge on any atom is -0.379 e. The van der Waals surface area contributed by atoms with Crippen molar-refractivity contribution in [3.63, 3.8) is 0 Å². The summed E-state index contributed by atoms with van der Waals surface area (Å²) in [5.74, 6) is -0.0486. The molecule has 1 aliphatic heterocycles. The van der Waals surface area contributed by atoms with Gasteiger partial charge in [-0.1, -0.05) is 12.1 Å². The van der Waals surface area contributed by atoms with Gasteiger partial charge in [0.15, 0.2) is 0 Å². The van der Waals surface area contributed by atoms with E-state index in [1.807, 2.05) is 36.5 Å². The number of amides is 1. The first-order chi connectivity index (χ1) is 11.8. The fraction of sp³-hybridized carbons (Fsp3) is 0.444. The highest BCUT2D eigenvalue weighted by Crippen LogP contribution is 2.13. The fourth-order valence-electron chi connectivity index (χ4n) is 2.86. The van der Waals surface area contributed by atoms with Crippen LogP contribution in [0.5, 0.6) is 0 Å². The molecule has 3 rings (SSSR count). The number of carbonyl (C=O) groups is 1. The molecule has 1 amide bonds. The molecule has 24 heavy (non-hydrogen) atoms. The SMILES string of the molecule is O=C(NCCCCN1CCOCC1)c1ccccc1-n1cccn1. The van der Waals surface area contributed by atoms with E-state index >= 15 is 0 Å². The van der Waals surface area contributed by atoms with Crippen molar-refractivity contribution in [2.75, 3.05) is 39.4 Å². The largest absolute Gasteiger partial charge is 0.379 e. The molecule has 1 aromatic heterocycles. The smallest absolute Gasteiger partial charge is 0.253 e. The molecule has 0 radical (unpaired) electrons. The van der Waals surface area contributed by atoms with E-state index < -0.39 is 0 Å². The van der Waals surface area contributed by atoms with Gasteiger partial charge in [-0.15, -0.1) is 0 Å². The topological polar surface area (TPSA) is 59.4 Å². The Balaban J connectivity index is 1.45. The van der Waals surface area contributed by atoms with Crippen LogP contribution in [0.3, 0.4) is 0 Å². The highest BCUT2D eigenvalue weighted by molar-refractivity contribution is 5.97. The number of carbonyl (C=O) groups excluding carboxylic acids is 1. The average molecular weight is 328 g/mol. The van der Waals surface area contributed by atoms with Gasteiger partial charge in [0.1, 0.15) is 0 Å². The van der Waals surface area contributed by atoms with Crippen molar-refractivity contribution in [2.24, 2.45) is 0 Å². The van der Waals surface area contributed by atoms with Gasteiger partial charge >= 0.3 is 0 Å². The van der Waals surface area contributed by atoms with E-state index in [1.54, 1.807) is 10.9 Å². The molecule has 1 aromatic carbocycles. The van der Waals surface area contributed by atoms with Crippen LogP contribution in [-0.4, -0.2) is 60.0 Å². The molecule has 6 nitrogen and oxygen atoms in total. The van der Waals surface area contributed by atoms with Crippen molar-refractivity contribution in [3.8, 4) is 5.69 Å². The monoisotopic (exact) mass is 328 g/mol. The summed E-state index contributed by atoms with van der Waals surface area (Å²) in [6.07, 6.45) is 5.61. The summed E-state index contributed by atoms with van der Waals surface area (Å²) >= 11 is 0. The van der Waals surface area contributed by atoms with Crippen molar-refractivity contribution < 1.29 is 9.53 Å². The van der Waals surface area contributed by atoms with E-state index in [1.165, 1.54) is 0 Å². The molecular formula is C18H24N4O2. The molecule has 1 N–H and O–H groups in total. The Kier molecular flexibility index (Phi) is 5.98. The molecule has 1 saturated heterocycles. The maximum atomic E-state index is 12.4. The molecule has 0 aliphatic carbocycles. The van der Waals surface area contributed by atoms with Crippen LogP contribution < -0.4 is 5.32 Å². The first kappa shape index (κ1) is 16.7. The first-order valence-corrected chi connectivity index (χ1v) is 8.52. The standard InChI is InChI=1S/C18H24N4O2/c23-18(19-8-3-4-10-21-12-14-24-15-13-21)16-6-1-2-7-17(16)22-11-5-9-20-22/h1-2,5-7,9,11H,3-4,8,10,12-15H2,(H,19,23). The van der Waals surface area contributed by atoms with Crippen molar-refractivity contribution in [1.29, 1.82) is 0 Å². The van der Waals surface area contributed by atoms with E-state index in [-0.39, 0.29) is 5.91 Å². The van der Waals surface area contributed by atoms with Crippen LogP contribution in [0.4, 0.5) is 0 Å². The minimum atomic E-state index is -0.0486. The highest BCUT2D eigenvalue weighted by Gasteiger charge is 2.12. The van der Waals surface area contributed by atoms with Crippen LogP contribution in [-0.2, 0) is 4.74 Å². The first-order valence-electron chi connectivity index (χ1n) is 8.52. The summed E-state index contributed by atoms with van der Waals surface area (Å²) < 4.78 is 7.06. The molecule has 1 aliphatic rings. The van der Waals surface area contributed by atoms with Crippen LogP contribution in [0.25, 0.3) is 5.69 Å². The van der Waals surface area contributed by atoms with Crippen LogP contribution >= 0.6 is 0 Å². The lowest BCUT2D eigenvalue weighted by atomic mass is 10.1. The minimum absolute atomic E-state index is 0.0486. The number of nitrogens with zero attached hydrogens (tertiary/aromatic N) is 3. The van der Waals surface area contributed by atoms with E-state index in [4.69, 9.17) is 4.74 Å². The summed E-state index contributed by atoms with van der Waals surface area (Å²) in [5.41, 5.74) is 1.45. The highest BCUT2D eigenvalue weighted by atomic mass is 16.5. The summed E-state index contributed by atoms with van der Waals surface area (Å²) in [4.78, 5) is 14.9. The Hall–Kier alpha value is -2.18. The molecule has 2 aromatic rings. The zero-order valence-corrected chi connectivity index (χ0v) is 13.9. The van der Waals surface area contributed by atoms with Crippen molar-refractivity contribution in [3.05, 3.63) is 48.3 Å². The number of hydrogen-bond donors (Lipinski definition) is 1. The zero-order chi connectivity index (χ0) is 16.6. The van der Waals surface area contributed by atoms with Crippen LogP contribution in [0.2, 0.25) is 0 Å². The van der Waals surface area contributed by atoms with Gasteiger partial charge in [-0.3, -0.25) is 9.69 Å². The number of ether oxygens (including phenoxy) is 1. The lowest BCUT2D eigenvalue weighted by molar-refractivity contribution is 0.0372. The van der Waals surface area contributed by atoms with Crippen molar-refractivity contribution in [2.45, 2.75) is 12.8 Å². The van der Waals surface area contributed by atoms with Gasteiger partial charge < -0.3 is 10.1 Å². The van der Waals surface area contributed by atoms with Crippen molar-refractivity contribution in [1.82, 2.24) is 20.0 Å². The molecule has 0 bridgehead atoms.